The highest BCUT2D eigenvalue weighted by atomic mass is 16.5. The van der Waals surface area contributed by atoms with Crippen LogP contribution in [0.4, 0.5) is 0 Å². The van der Waals surface area contributed by atoms with Gasteiger partial charge in [-0.2, -0.15) is 4.57 Å². The predicted molar refractivity (Wildman–Crippen MR) is 136 cm³/mol. The van der Waals surface area contributed by atoms with Gasteiger partial charge in [-0.05, 0) is 34.4 Å². The maximum Gasteiger partial charge on any atom is 0.374 e. The molecule has 0 fully saturated rings. The Morgan fingerprint density at radius 2 is 1.26 bits per heavy atom. The lowest BCUT2D eigenvalue weighted by Gasteiger charge is -2.12. The Morgan fingerprint density at radius 3 is 2.09 bits per heavy atom. The fraction of sp³-hybridized carbons (Fsp3) is 0.0323. The Hall–Kier alpha value is -4.50. The van der Waals surface area contributed by atoms with E-state index in [1.165, 1.54) is 5.39 Å². The van der Waals surface area contributed by atoms with Crippen molar-refractivity contribution in [2.45, 2.75) is 6.54 Å². The third-order valence-electron chi connectivity index (χ3n) is 6.24. The van der Waals surface area contributed by atoms with Crippen molar-refractivity contribution in [1.82, 2.24) is 0 Å². The molecule has 0 saturated carbocycles. The molecule has 0 amide bonds. The number of para-hydroxylation sites is 1. The average Bonchev–Trinajstić information content (AvgIpc) is 2.90. The van der Waals surface area contributed by atoms with Crippen molar-refractivity contribution >= 4 is 38.2 Å². The van der Waals surface area contributed by atoms with Gasteiger partial charge in [0.15, 0.2) is 0 Å². The number of carbonyl (C=O) groups is 1. The van der Waals surface area contributed by atoms with Gasteiger partial charge in [0, 0.05) is 22.4 Å². The molecular weight excluding hydrogens is 418 g/mol. The van der Waals surface area contributed by atoms with E-state index in [1.807, 2.05) is 89.5 Å². The Morgan fingerprint density at radius 1 is 0.618 bits per heavy atom. The summed E-state index contributed by atoms with van der Waals surface area (Å²) in [7, 11) is 0. The third kappa shape index (κ3) is 3.57. The molecule has 3 heteroatoms. The largest absolute Gasteiger partial charge is 0.404 e. The summed E-state index contributed by atoms with van der Waals surface area (Å²) in [6.07, 6.45) is 0. The van der Waals surface area contributed by atoms with E-state index in [4.69, 9.17) is 4.74 Å². The minimum absolute atomic E-state index is 0.0372. The highest BCUT2D eigenvalue weighted by Gasteiger charge is 2.23. The minimum Gasteiger partial charge on any atom is -0.404 e. The summed E-state index contributed by atoms with van der Waals surface area (Å²) in [5.74, 6) is 1.43. The number of carbonyl (C=O) groups excluding carboxylic acids is 1. The van der Waals surface area contributed by atoms with E-state index in [1.54, 1.807) is 0 Å². The number of fused-ring (bicyclic) bond motifs is 4. The summed E-state index contributed by atoms with van der Waals surface area (Å²) in [6.45, 7) is 0.187. The van der Waals surface area contributed by atoms with Gasteiger partial charge in [-0.25, -0.2) is 0 Å². The zero-order valence-corrected chi connectivity index (χ0v) is 18.5. The van der Waals surface area contributed by atoms with Crippen molar-refractivity contribution in [3.8, 4) is 11.6 Å². The summed E-state index contributed by atoms with van der Waals surface area (Å²) >= 11 is 0. The van der Waals surface area contributed by atoms with Crippen LogP contribution in [0.2, 0.25) is 0 Å². The number of ether oxygens (including phenoxy) is 1. The number of ketones is 1. The van der Waals surface area contributed by atoms with Crippen LogP contribution in [0.5, 0.6) is 11.6 Å². The van der Waals surface area contributed by atoms with Crippen molar-refractivity contribution < 1.29 is 14.1 Å². The van der Waals surface area contributed by atoms with Crippen LogP contribution in [0.15, 0.2) is 121 Å². The Kier molecular flexibility index (Phi) is 5.00. The number of rotatable bonds is 5. The Labute approximate surface area is 197 Å². The van der Waals surface area contributed by atoms with Crippen molar-refractivity contribution in [3.05, 3.63) is 127 Å². The molecule has 0 atom stereocenters. The molecule has 0 aliphatic rings. The highest BCUT2D eigenvalue weighted by Crippen LogP contribution is 2.35. The van der Waals surface area contributed by atoms with E-state index in [-0.39, 0.29) is 12.3 Å². The second-order valence-electron chi connectivity index (χ2n) is 8.35. The molecule has 1 heterocycles. The van der Waals surface area contributed by atoms with Gasteiger partial charge in [0.05, 0.1) is 6.07 Å². The number of hydrogen-bond acceptors (Lipinski definition) is 2. The number of Topliss-reactive ketones (excluding diaryl/α,β-unsaturated/α-hetero) is 1. The molecule has 1 aromatic heterocycles. The number of hydrogen-bond donors (Lipinski definition) is 0. The first-order chi connectivity index (χ1) is 16.8. The molecule has 0 unspecified atom stereocenters. The molecule has 0 spiro atoms. The van der Waals surface area contributed by atoms with Crippen LogP contribution in [0, 0.1) is 0 Å². The molecule has 5 aromatic carbocycles. The molecule has 0 radical (unpaired) electrons. The zero-order chi connectivity index (χ0) is 22.9. The Balaban J connectivity index is 1.51. The standard InChI is InChI=1S/C31H22NO2/c33-29(23-11-2-1-3-12-23)21-32-28-17-9-5-10-22(28)18-19-31(32)34-30-20-24-13-4-6-14-25(24)26-15-7-8-16-27(26)30/h1-20H,21H2/q+1. The smallest absolute Gasteiger partial charge is 0.374 e. The van der Waals surface area contributed by atoms with Gasteiger partial charge in [-0.1, -0.05) is 91.0 Å². The molecule has 3 nitrogen and oxygen atoms in total. The zero-order valence-electron chi connectivity index (χ0n) is 18.5. The predicted octanol–water partition coefficient (Wildman–Crippen LogP) is 7.11. The molecule has 6 aromatic rings. The molecule has 0 aliphatic carbocycles. The minimum atomic E-state index is 0.0372. The van der Waals surface area contributed by atoms with Gasteiger partial charge in [0.1, 0.15) is 5.75 Å². The first kappa shape index (κ1) is 20.1. The summed E-state index contributed by atoms with van der Waals surface area (Å²) in [6, 6.07) is 40.1. The second-order valence-corrected chi connectivity index (χ2v) is 8.35. The molecule has 0 N–H and O–H groups in total. The van der Waals surface area contributed by atoms with Crippen LogP contribution >= 0.6 is 0 Å². The van der Waals surface area contributed by atoms with Gasteiger partial charge in [-0.3, -0.25) is 4.79 Å². The molecule has 162 valence electrons. The normalized spacial score (nSPS) is 11.2. The fourth-order valence-electron chi connectivity index (χ4n) is 4.57. The van der Waals surface area contributed by atoms with E-state index in [0.29, 0.717) is 11.4 Å². The lowest BCUT2D eigenvalue weighted by atomic mass is 10.0. The van der Waals surface area contributed by atoms with Crippen LogP contribution < -0.4 is 9.30 Å². The summed E-state index contributed by atoms with van der Waals surface area (Å²) in [5.41, 5.74) is 1.64. The van der Waals surface area contributed by atoms with E-state index < -0.39 is 0 Å². The summed E-state index contributed by atoms with van der Waals surface area (Å²) in [5, 5.41) is 5.54. The van der Waals surface area contributed by atoms with Gasteiger partial charge >= 0.3 is 5.88 Å². The number of aromatic nitrogens is 1. The third-order valence-corrected chi connectivity index (χ3v) is 6.24. The molecule has 6 rings (SSSR count). The molecule has 0 bridgehead atoms. The maximum absolute atomic E-state index is 13.2. The highest BCUT2D eigenvalue weighted by molar-refractivity contribution is 6.10. The first-order valence-corrected chi connectivity index (χ1v) is 11.4. The topological polar surface area (TPSA) is 30.2 Å². The summed E-state index contributed by atoms with van der Waals surface area (Å²) < 4.78 is 8.55. The number of pyridine rings is 1. The average molecular weight is 441 g/mol. The summed E-state index contributed by atoms with van der Waals surface area (Å²) in [4.78, 5) is 13.2. The van der Waals surface area contributed by atoms with Gasteiger partial charge in [0.2, 0.25) is 17.8 Å². The molecule has 0 aliphatic heterocycles. The molecule has 0 saturated heterocycles. The van der Waals surface area contributed by atoms with Gasteiger partial charge in [-0.15, -0.1) is 0 Å². The first-order valence-electron chi connectivity index (χ1n) is 11.4. The number of nitrogens with zero attached hydrogens (tertiary/aromatic N) is 1. The van der Waals surface area contributed by atoms with E-state index in [0.717, 1.165) is 32.8 Å². The SMILES string of the molecule is O=C(C[n+]1c(Oc2cc3ccccc3c3ccccc23)ccc2ccccc21)c1ccccc1. The van der Waals surface area contributed by atoms with Crippen LogP contribution in [-0.2, 0) is 6.54 Å². The maximum atomic E-state index is 13.2. The Bertz CT molecular complexity index is 1670. The van der Waals surface area contributed by atoms with Crippen LogP contribution in [0.3, 0.4) is 0 Å². The van der Waals surface area contributed by atoms with Crippen molar-refractivity contribution in [1.29, 1.82) is 0 Å². The monoisotopic (exact) mass is 440 g/mol. The van der Waals surface area contributed by atoms with E-state index in [9.17, 15) is 4.79 Å². The second kappa shape index (κ2) is 8.45. The molecule has 34 heavy (non-hydrogen) atoms. The van der Waals surface area contributed by atoms with E-state index in [2.05, 4.69) is 36.4 Å². The van der Waals surface area contributed by atoms with Crippen molar-refractivity contribution in [2.75, 3.05) is 0 Å². The number of benzene rings is 5. The molecular formula is C31H22NO2+. The lowest BCUT2D eigenvalue weighted by Crippen LogP contribution is -2.40. The van der Waals surface area contributed by atoms with Crippen LogP contribution in [0.1, 0.15) is 10.4 Å². The van der Waals surface area contributed by atoms with Crippen molar-refractivity contribution in [2.24, 2.45) is 0 Å². The van der Waals surface area contributed by atoms with Crippen LogP contribution in [0.25, 0.3) is 32.4 Å². The lowest BCUT2D eigenvalue weighted by molar-refractivity contribution is -0.661. The van der Waals surface area contributed by atoms with Gasteiger partial charge in [0.25, 0.3) is 0 Å². The quantitative estimate of drug-likeness (QED) is 0.162. The fourth-order valence-corrected chi connectivity index (χ4v) is 4.57. The van der Waals surface area contributed by atoms with Crippen molar-refractivity contribution in [3.63, 3.8) is 0 Å². The van der Waals surface area contributed by atoms with Crippen LogP contribution in [-0.4, -0.2) is 5.78 Å². The van der Waals surface area contributed by atoms with E-state index >= 15 is 0 Å². The van der Waals surface area contributed by atoms with Gasteiger partial charge < -0.3 is 4.74 Å².